The third kappa shape index (κ3) is 3.60. The topological polar surface area (TPSA) is 42.2 Å². The molecule has 0 saturated heterocycles. The molecule has 1 aliphatic rings. The van der Waals surface area contributed by atoms with Crippen LogP contribution in [0, 0.1) is 5.92 Å². The van der Waals surface area contributed by atoms with Gasteiger partial charge in [-0.1, -0.05) is 36.7 Å². The predicted molar refractivity (Wildman–Crippen MR) is 87.6 cm³/mol. The fourth-order valence-corrected chi connectivity index (χ4v) is 2.62. The Bertz CT molecular complexity index is 705. The highest BCUT2D eigenvalue weighted by Gasteiger charge is 2.36. The van der Waals surface area contributed by atoms with Gasteiger partial charge in [-0.25, -0.2) is 0 Å². The molecule has 3 rings (SSSR count). The summed E-state index contributed by atoms with van der Waals surface area (Å²) in [5.41, 5.74) is 0.897. The first-order valence-electron chi connectivity index (χ1n) is 7.42. The Morgan fingerprint density at radius 2 is 2.14 bits per heavy atom. The van der Waals surface area contributed by atoms with Crippen molar-refractivity contribution >= 4 is 23.6 Å². The second kappa shape index (κ2) is 6.41. The number of carbonyl (C=O) groups excluding carboxylic acids is 1. The maximum Gasteiger partial charge on any atom is 0.244 e. The first-order chi connectivity index (χ1) is 10.6. The minimum Gasteiger partial charge on any atom is -0.461 e. The smallest absolute Gasteiger partial charge is 0.244 e. The average molecular weight is 316 g/mol. The van der Waals surface area contributed by atoms with Crippen molar-refractivity contribution in [3.05, 3.63) is 64.6 Å². The lowest BCUT2D eigenvalue weighted by Crippen LogP contribution is -2.20. The maximum absolute atomic E-state index is 11.8. The molecule has 0 spiro atoms. The van der Waals surface area contributed by atoms with Crippen LogP contribution < -0.4 is 5.32 Å². The molecule has 1 aliphatic carbocycles. The fourth-order valence-electron chi connectivity index (χ4n) is 2.42. The lowest BCUT2D eigenvalue weighted by Gasteiger charge is -2.04. The second-order valence-electron chi connectivity index (χ2n) is 5.70. The van der Waals surface area contributed by atoms with Gasteiger partial charge in [0.25, 0.3) is 0 Å². The minimum absolute atomic E-state index is 0.169. The second-order valence-corrected chi connectivity index (χ2v) is 6.11. The van der Waals surface area contributed by atoms with Crippen molar-refractivity contribution in [1.29, 1.82) is 0 Å². The number of rotatable bonds is 5. The van der Waals surface area contributed by atoms with Gasteiger partial charge in [-0.15, -0.1) is 0 Å². The third-order valence-electron chi connectivity index (χ3n) is 3.93. The van der Waals surface area contributed by atoms with Crippen LogP contribution >= 0.6 is 11.6 Å². The molecule has 2 aromatic rings. The van der Waals surface area contributed by atoms with Gasteiger partial charge in [-0.05, 0) is 42.2 Å². The van der Waals surface area contributed by atoms with Gasteiger partial charge in [0.1, 0.15) is 11.5 Å². The van der Waals surface area contributed by atoms with Gasteiger partial charge in [0.15, 0.2) is 0 Å². The summed E-state index contributed by atoms with van der Waals surface area (Å²) in [5.74, 6) is 2.82. The summed E-state index contributed by atoms with van der Waals surface area (Å²) in [5, 5.41) is 3.46. The van der Waals surface area contributed by atoms with E-state index in [1.165, 1.54) is 12.5 Å². The van der Waals surface area contributed by atoms with Crippen LogP contribution in [0.2, 0.25) is 5.02 Å². The Hall–Kier alpha value is -2.00. The van der Waals surface area contributed by atoms with E-state index in [-0.39, 0.29) is 5.91 Å². The zero-order valence-corrected chi connectivity index (χ0v) is 13.1. The molecule has 114 valence electrons. The van der Waals surface area contributed by atoms with Gasteiger partial charge in [-0.2, -0.15) is 0 Å². The summed E-state index contributed by atoms with van der Waals surface area (Å²) in [6, 6.07) is 11.4. The Morgan fingerprint density at radius 3 is 2.86 bits per heavy atom. The van der Waals surface area contributed by atoms with Gasteiger partial charge >= 0.3 is 0 Å². The molecule has 1 aromatic carbocycles. The summed E-state index contributed by atoms with van der Waals surface area (Å²) < 4.78 is 5.72. The lowest BCUT2D eigenvalue weighted by molar-refractivity contribution is -0.116. The van der Waals surface area contributed by atoms with E-state index < -0.39 is 0 Å². The zero-order valence-electron chi connectivity index (χ0n) is 12.4. The predicted octanol–water partition coefficient (Wildman–Crippen LogP) is 4.39. The van der Waals surface area contributed by atoms with Crippen molar-refractivity contribution in [2.24, 2.45) is 5.92 Å². The molecule has 22 heavy (non-hydrogen) atoms. The standard InChI is InChI=1S/C18H18ClNO2/c1-12-10-15(12)17-8-6-14(22-17)7-9-18(21)20-11-13-4-2-3-5-16(13)19/h2-9,12,15H,10-11H2,1H3,(H,20,21)/b9-7+. The van der Waals surface area contributed by atoms with Crippen molar-refractivity contribution in [2.75, 3.05) is 0 Å². The monoisotopic (exact) mass is 315 g/mol. The van der Waals surface area contributed by atoms with E-state index in [0.29, 0.717) is 29.2 Å². The van der Waals surface area contributed by atoms with Crippen LogP contribution in [0.3, 0.4) is 0 Å². The number of nitrogens with one attached hydrogen (secondary N) is 1. The Balaban J connectivity index is 1.53. The molecule has 4 heteroatoms. The number of halogens is 1. The average Bonchev–Trinajstić information content (AvgIpc) is 3.06. The molecule has 1 aromatic heterocycles. The first-order valence-corrected chi connectivity index (χ1v) is 7.80. The Labute approximate surface area is 135 Å². The van der Waals surface area contributed by atoms with E-state index in [1.807, 2.05) is 36.4 Å². The minimum atomic E-state index is -0.169. The van der Waals surface area contributed by atoms with Crippen LogP contribution in [0.4, 0.5) is 0 Å². The van der Waals surface area contributed by atoms with Gasteiger partial charge < -0.3 is 9.73 Å². The van der Waals surface area contributed by atoms with Crippen LogP contribution in [0.5, 0.6) is 0 Å². The largest absolute Gasteiger partial charge is 0.461 e. The number of hydrogen-bond donors (Lipinski definition) is 1. The van der Waals surface area contributed by atoms with E-state index in [0.717, 1.165) is 11.3 Å². The molecule has 1 saturated carbocycles. The molecular weight excluding hydrogens is 298 g/mol. The van der Waals surface area contributed by atoms with Gasteiger partial charge in [0.2, 0.25) is 5.91 Å². The number of furan rings is 1. The SMILES string of the molecule is CC1CC1c1ccc(/C=C/C(=O)NCc2ccccc2Cl)o1. The Kier molecular flexibility index (Phi) is 4.34. The van der Waals surface area contributed by atoms with E-state index in [9.17, 15) is 4.79 Å². The molecule has 0 radical (unpaired) electrons. The number of carbonyl (C=O) groups is 1. The van der Waals surface area contributed by atoms with E-state index >= 15 is 0 Å². The number of amides is 1. The molecule has 2 unspecified atom stereocenters. The van der Waals surface area contributed by atoms with Crippen LogP contribution in [0.1, 0.15) is 36.3 Å². The molecule has 1 fully saturated rings. The highest BCUT2D eigenvalue weighted by Crippen LogP contribution is 2.47. The van der Waals surface area contributed by atoms with Gasteiger partial charge in [0, 0.05) is 23.6 Å². The molecule has 0 bridgehead atoms. The lowest BCUT2D eigenvalue weighted by atomic mass is 10.2. The van der Waals surface area contributed by atoms with Crippen LogP contribution in [-0.4, -0.2) is 5.91 Å². The van der Waals surface area contributed by atoms with E-state index in [4.69, 9.17) is 16.0 Å². The van der Waals surface area contributed by atoms with Crippen LogP contribution in [-0.2, 0) is 11.3 Å². The summed E-state index contributed by atoms with van der Waals surface area (Å²) in [6.07, 6.45) is 4.36. The normalized spacial score (nSPS) is 20.3. The third-order valence-corrected chi connectivity index (χ3v) is 4.30. The number of hydrogen-bond acceptors (Lipinski definition) is 2. The molecule has 1 N–H and O–H groups in total. The quantitative estimate of drug-likeness (QED) is 0.832. The van der Waals surface area contributed by atoms with Crippen molar-refractivity contribution < 1.29 is 9.21 Å². The van der Waals surface area contributed by atoms with Crippen molar-refractivity contribution in [3.63, 3.8) is 0 Å². The van der Waals surface area contributed by atoms with Gasteiger partial charge in [0.05, 0.1) is 0 Å². The molecular formula is C18H18ClNO2. The molecule has 1 amide bonds. The van der Waals surface area contributed by atoms with E-state index in [2.05, 4.69) is 12.2 Å². The van der Waals surface area contributed by atoms with Crippen LogP contribution in [0.25, 0.3) is 6.08 Å². The van der Waals surface area contributed by atoms with E-state index in [1.54, 1.807) is 6.08 Å². The van der Waals surface area contributed by atoms with Crippen molar-refractivity contribution in [3.8, 4) is 0 Å². The maximum atomic E-state index is 11.8. The zero-order chi connectivity index (χ0) is 15.5. The molecule has 3 nitrogen and oxygen atoms in total. The highest BCUT2D eigenvalue weighted by atomic mass is 35.5. The van der Waals surface area contributed by atoms with Crippen molar-refractivity contribution in [2.45, 2.75) is 25.8 Å². The first kappa shape index (κ1) is 14.9. The summed E-state index contributed by atoms with van der Waals surface area (Å²) in [7, 11) is 0. The Morgan fingerprint density at radius 1 is 1.36 bits per heavy atom. The molecule has 1 heterocycles. The van der Waals surface area contributed by atoms with Crippen molar-refractivity contribution in [1.82, 2.24) is 5.32 Å². The summed E-state index contributed by atoms with van der Waals surface area (Å²) >= 11 is 6.05. The van der Waals surface area contributed by atoms with Gasteiger partial charge in [-0.3, -0.25) is 4.79 Å². The van der Waals surface area contributed by atoms with Crippen LogP contribution in [0.15, 0.2) is 46.9 Å². The number of benzene rings is 1. The molecule has 0 aliphatic heterocycles. The fraction of sp³-hybridized carbons (Fsp3) is 0.278. The molecule has 2 atom stereocenters. The summed E-state index contributed by atoms with van der Waals surface area (Å²) in [4.78, 5) is 11.8. The summed E-state index contributed by atoms with van der Waals surface area (Å²) in [6.45, 7) is 2.62. The highest BCUT2D eigenvalue weighted by molar-refractivity contribution is 6.31.